The van der Waals surface area contributed by atoms with Gasteiger partial charge in [-0.1, -0.05) is 12.1 Å². The Kier molecular flexibility index (Phi) is 3.77. The molecular formula is C13H19NOS. The van der Waals surface area contributed by atoms with Gasteiger partial charge in [-0.3, -0.25) is 0 Å². The number of ether oxygens (including phenoxy) is 1. The summed E-state index contributed by atoms with van der Waals surface area (Å²) >= 11 is 1.91. The second-order valence-corrected chi connectivity index (χ2v) is 5.32. The summed E-state index contributed by atoms with van der Waals surface area (Å²) in [4.78, 5) is 0. The molecule has 0 spiro atoms. The van der Waals surface area contributed by atoms with Crippen LogP contribution in [0.5, 0.6) is 0 Å². The third-order valence-electron chi connectivity index (χ3n) is 3.37. The molecule has 1 heterocycles. The van der Waals surface area contributed by atoms with Crippen molar-refractivity contribution in [1.29, 1.82) is 0 Å². The maximum atomic E-state index is 5.88. The minimum absolute atomic E-state index is 0.271. The van der Waals surface area contributed by atoms with Crippen molar-refractivity contribution in [1.82, 2.24) is 0 Å². The summed E-state index contributed by atoms with van der Waals surface area (Å²) in [6.45, 7) is 1.74. The van der Waals surface area contributed by atoms with Crippen LogP contribution in [-0.2, 0) is 10.2 Å². The lowest BCUT2D eigenvalue weighted by molar-refractivity contribution is 0.0580. The zero-order valence-electron chi connectivity index (χ0n) is 9.74. The molecule has 3 heteroatoms. The molecule has 0 aliphatic carbocycles. The molecule has 2 N–H and O–H groups in total. The van der Waals surface area contributed by atoms with Crippen molar-refractivity contribution in [2.75, 3.05) is 31.0 Å². The van der Waals surface area contributed by atoms with Crippen molar-refractivity contribution in [2.45, 2.75) is 18.3 Å². The Labute approximate surface area is 102 Å². The third-order valence-corrected chi connectivity index (χ3v) is 4.21. The number of hydrogen-bond acceptors (Lipinski definition) is 3. The van der Waals surface area contributed by atoms with Crippen LogP contribution in [0.25, 0.3) is 0 Å². The maximum Gasteiger partial charge on any atom is 0.0474 e. The van der Waals surface area contributed by atoms with Crippen molar-refractivity contribution >= 4 is 17.4 Å². The first kappa shape index (κ1) is 11.8. The van der Waals surface area contributed by atoms with E-state index in [1.165, 1.54) is 5.56 Å². The van der Waals surface area contributed by atoms with Crippen LogP contribution < -0.4 is 5.73 Å². The molecule has 0 amide bonds. The SMILES string of the molecule is CSCC1(c2cccc(N)c2)CCOCC1. The van der Waals surface area contributed by atoms with E-state index in [1.807, 2.05) is 17.8 Å². The predicted octanol–water partition coefficient (Wildman–Crippen LogP) is 2.68. The molecule has 2 rings (SSSR count). The highest BCUT2D eigenvalue weighted by Gasteiger charge is 2.33. The van der Waals surface area contributed by atoms with Crippen molar-refractivity contribution < 1.29 is 4.74 Å². The van der Waals surface area contributed by atoms with Crippen LogP contribution >= 0.6 is 11.8 Å². The highest BCUT2D eigenvalue weighted by Crippen LogP contribution is 2.37. The van der Waals surface area contributed by atoms with E-state index in [4.69, 9.17) is 10.5 Å². The lowest BCUT2D eigenvalue weighted by Gasteiger charge is -2.37. The number of rotatable bonds is 3. The molecule has 0 bridgehead atoms. The number of nitrogen functional groups attached to an aromatic ring is 1. The molecule has 0 radical (unpaired) electrons. The molecule has 0 saturated carbocycles. The lowest BCUT2D eigenvalue weighted by atomic mass is 9.76. The van der Waals surface area contributed by atoms with Gasteiger partial charge in [0.2, 0.25) is 0 Å². The second-order valence-electron chi connectivity index (χ2n) is 4.45. The Morgan fingerprint density at radius 1 is 1.38 bits per heavy atom. The van der Waals surface area contributed by atoms with E-state index in [1.54, 1.807) is 0 Å². The van der Waals surface area contributed by atoms with Gasteiger partial charge >= 0.3 is 0 Å². The summed E-state index contributed by atoms with van der Waals surface area (Å²) in [6.07, 6.45) is 4.39. The molecule has 1 aromatic rings. The highest BCUT2D eigenvalue weighted by atomic mass is 32.2. The summed E-state index contributed by atoms with van der Waals surface area (Å²) in [6, 6.07) is 8.34. The van der Waals surface area contributed by atoms with Crippen LogP contribution in [0.1, 0.15) is 18.4 Å². The number of nitrogens with two attached hydrogens (primary N) is 1. The number of hydrogen-bond donors (Lipinski definition) is 1. The molecule has 16 heavy (non-hydrogen) atoms. The lowest BCUT2D eigenvalue weighted by Crippen LogP contribution is -2.36. The molecule has 1 fully saturated rings. The molecule has 88 valence electrons. The standard InChI is InChI=1S/C13H19NOS/c1-16-10-13(5-7-15-8-6-13)11-3-2-4-12(14)9-11/h2-4,9H,5-8,10,14H2,1H3. The van der Waals surface area contributed by atoms with Gasteiger partial charge < -0.3 is 10.5 Å². The minimum atomic E-state index is 0.271. The molecule has 0 aromatic heterocycles. The van der Waals surface area contributed by atoms with Crippen molar-refractivity contribution in [3.63, 3.8) is 0 Å². The van der Waals surface area contributed by atoms with Gasteiger partial charge in [0, 0.05) is 30.1 Å². The first-order valence-corrected chi connectivity index (χ1v) is 7.09. The van der Waals surface area contributed by atoms with E-state index in [2.05, 4.69) is 24.5 Å². The molecule has 2 nitrogen and oxygen atoms in total. The molecule has 1 aliphatic rings. The first-order chi connectivity index (χ1) is 7.77. The molecule has 1 aromatic carbocycles. The average molecular weight is 237 g/mol. The van der Waals surface area contributed by atoms with Crippen molar-refractivity contribution in [2.24, 2.45) is 0 Å². The summed E-state index contributed by atoms with van der Waals surface area (Å²) < 4.78 is 5.48. The van der Waals surface area contributed by atoms with Gasteiger partial charge in [-0.05, 0) is 36.8 Å². The average Bonchev–Trinajstić information content (AvgIpc) is 2.31. The van der Waals surface area contributed by atoms with Crippen LogP contribution in [-0.4, -0.2) is 25.2 Å². The van der Waals surface area contributed by atoms with Gasteiger partial charge in [0.05, 0.1) is 0 Å². The van der Waals surface area contributed by atoms with E-state index in [9.17, 15) is 0 Å². The van der Waals surface area contributed by atoms with Gasteiger partial charge in [-0.25, -0.2) is 0 Å². The van der Waals surface area contributed by atoms with Gasteiger partial charge in [-0.2, -0.15) is 11.8 Å². The number of thioether (sulfide) groups is 1. The minimum Gasteiger partial charge on any atom is -0.399 e. The predicted molar refractivity (Wildman–Crippen MR) is 71.0 cm³/mol. The van der Waals surface area contributed by atoms with E-state index in [0.29, 0.717) is 0 Å². The molecule has 0 unspecified atom stereocenters. The first-order valence-electron chi connectivity index (χ1n) is 5.69. The monoisotopic (exact) mass is 237 g/mol. The Morgan fingerprint density at radius 3 is 2.75 bits per heavy atom. The zero-order valence-corrected chi connectivity index (χ0v) is 10.6. The normalized spacial score (nSPS) is 19.6. The third kappa shape index (κ3) is 2.36. The van der Waals surface area contributed by atoms with Crippen LogP contribution in [0.2, 0.25) is 0 Å². The Balaban J connectivity index is 2.30. The summed E-state index contributed by atoms with van der Waals surface area (Å²) in [5.74, 6) is 1.15. The van der Waals surface area contributed by atoms with Crippen molar-refractivity contribution in [3.8, 4) is 0 Å². The quantitative estimate of drug-likeness (QED) is 0.821. The van der Waals surface area contributed by atoms with E-state index < -0.39 is 0 Å². The van der Waals surface area contributed by atoms with E-state index in [-0.39, 0.29) is 5.41 Å². The smallest absolute Gasteiger partial charge is 0.0474 e. The van der Waals surface area contributed by atoms with Gasteiger partial charge in [-0.15, -0.1) is 0 Å². The number of anilines is 1. The van der Waals surface area contributed by atoms with Gasteiger partial charge in [0.15, 0.2) is 0 Å². The highest BCUT2D eigenvalue weighted by molar-refractivity contribution is 7.98. The summed E-state index contributed by atoms with van der Waals surface area (Å²) in [5, 5.41) is 0. The van der Waals surface area contributed by atoms with Gasteiger partial charge in [0.1, 0.15) is 0 Å². The Morgan fingerprint density at radius 2 is 2.12 bits per heavy atom. The molecule has 0 atom stereocenters. The largest absolute Gasteiger partial charge is 0.399 e. The van der Waals surface area contributed by atoms with Crippen molar-refractivity contribution in [3.05, 3.63) is 29.8 Å². The van der Waals surface area contributed by atoms with Gasteiger partial charge in [0.25, 0.3) is 0 Å². The molecule has 1 aliphatic heterocycles. The molecular weight excluding hydrogens is 218 g/mol. The van der Waals surface area contributed by atoms with Crippen LogP contribution in [0.4, 0.5) is 5.69 Å². The fourth-order valence-corrected chi connectivity index (χ4v) is 3.43. The topological polar surface area (TPSA) is 35.2 Å². The fraction of sp³-hybridized carbons (Fsp3) is 0.538. The molecule has 1 saturated heterocycles. The summed E-state index contributed by atoms with van der Waals surface area (Å²) in [5.41, 5.74) is 8.40. The zero-order chi connectivity index (χ0) is 11.4. The van der Waals surface area contributed by atoms with Crippen LogP contribution in [0.15, 0.2) is 24.3 Å². The Hall–Kier alpha value is -0.670. The van der Waals surface area contributed by atoms with E-state index >= 15 is 0 Å². The van der Waals surface area contributed by atoms with Crippen LogP contribution in [0, 0.1) is 0 Å². The maximum absolute atomic E-state index is 5.88. The number of benzene rings is 1. The van der Waals surface area contributed by atoms with E-state index in [0.717, 1.165) is 37.5 Å². The van der Waals surface area contributed by atoms with Crippen LogP contribution in [0.3, 0.4) is 0 Å². The Bertz CT molecular complexity index is 342. The summed E-state index contributed by atoms with van der Waals surface area (Å²) in [7, 11) is 0. The fourth-order valence-electron chi connectivity index (χ4n) is 2.42. The second kappa shape index (κ2) is 5.11.